The predicted molar refractivity (Wildman–Crippen MR) is 72.9 cm³/mol. The summed E-state index contributed by atoms with van der Waals surface area (Å²) in [5, 5.41) is 11.9. The molecule has 1 aromatic rings. The van der Waals surface area contributed by atoms with Crippen LogP contribution in [0.15, 0.2) is 24.3 Å². The Morgan fingerprint density at radius 3 is 2.33 bits per heavy atom. The first-order chi connectivity index (χ1) is 8.45. The maximum Gasteiger partial charge on any atom is 0.330 e. The van der Waals surface area contributed by atoms with Crippen LogP contribution in [0.25, 0.3) is 0 Å². The molecule has 1 rings (SSSR count). The SMILES string of the molecule is CSC(C)C(=O)NC(C(=O)O)c1ccc(Cl)cc1. The molecule has 0 saturated carbocycles. The lowest BCUT2D eigenvalue weighted by atomic mass is 10.1. The normalized spacial score (nSPS) is 13.7. The van der Waals surface area contributed by atoms with Crippen molar-refractivity contribution >= 4 is 35.2 Å². The second-order valence-electron chi connectivity index (χ2n) is 3.71. The van der Waals surface area contributed by atoms with Gasteiger partial charge in [0, 0.05) is 5.02 Å². The van der Waals surface area contributed by atoms with Crippen molar-refractivity contribution in [1.82, 2.24) is 5.32 Å². The van der Waals surface area contributed by atoms with Crippen LogP contribution in [0.4, 0.5) is 0 Å². The molecule has 1 aromatic carbocycles. The van der Waals surface area contributed by atoms with E-state index in [1.165, 1.54) is 11.8 Å². The number of benzene rings is 1. The van der Waals surface area contributed by atoms with Gasteiger partial charge in [-0.05, 0) is 30.9 Å². The van der Waals surface area contributed by atoms with E-state index in [9.17, 15) is 9.59 Å². The van der Waals surface area contributed by atoms with Crippen molar-refractivity contribution in [2.75, 3.05) is 6.26 Å². The zero-order valence-electron chi connectivity index (χ0n) is 10.0. The van der Waals surface area contributed by atoms with Crippen LogP contribution in [0.3, 0.4) is 0 Å². The van der Waals surface area contributed by atoms with E-state index in [0.29, 0.717) is 10.6 Å². The summed E-state index contributed by atoms with van der Waals surface area (Å²) in [6, 6.07) is 5.31. The molecule has 0 spiro atoms. The molecule has 2 atom stereocenters. The van der Waals surface area contributed by atoms with E-state index in [2.05, 4.69) is 5.32 Å². The lowest BCUT2D eigenvalue weighted by Crippen LogP contribution is -2.38. The summed E-state index contributed by atoms with van der Waals surface area (Å²) in [6.07, 6.45) is 1.79. The Bertz CT molecular complexity index is 435. The number of carboxylic acid groups (broad SMARTS) is 1. The molecule has 4 nitrogen and oxygen atoms in total. The minimum atomic E-state index is -1.10. The number of amides is 1. The maximum atomic E-state index is 11.7. The summed E-state index contributed by atoms with van der Waals surface area (Å²) in [7, 11) is 0. The molecule has 2 unspecified atom stereocenters. The number of hydrogen-bond acceptors (Lipinski definition) is 3. The molecule has 1 amide bonds. The molecule has 0 saturated heterocycles. The number of carbonyl (C=O) groups is 2. The topological polar surface area (TPSA) is 66.4 Å². The van der Waals surface area contributed by atoms with Crippen LogP contribution < -0.4 is 5.32 Å². The fourth-order valence-corrected chi connectivity index (χ4v) is 1.72. The van der Waals surface area contributed by atoms with Crippen molar-refractivity contribution < 1.29 is 14.7 Å². The first-order valence-corrected chi connectivity index (χ1v) is 6.93. The van der Waals surface area contributed by atoms with Crippen LogP contribution >= 0.6 is 23.4 Å². The molecule has 98 valence electrons. The van der Waals surface area contributed by atoms with Crippen LogP contribution in [-0.2, 0) is 9.59 Å². The summed E-state index contributed by atoms with van der Waals surface area (Å²) in [4.78, 5) is 22.9. The molecule has 0 radical (unpaired) electrons. The van der Waals surface area contributed by atoms with Gasteiger partial charge in [0.2, 0.25) is 5.91 Å². The van der Waals surface area contributed by atoms with Crippen molar-refractivity contribution in [2.24, 2.45) is 0 Å². The first-order valence-electron chi connectivity index (χ1n) is 5.27. The molecule has 6 heteroatoms. The Hall–Kier alpha value is -1.20. The smallest absolute Gasteiger partial charge is 0.330 e. The first kappa shape index (κ1) is 14.9. The lowest BCUT2D eigenvalue weighted by molar-refractivity contribution is -0.141. The lowest BCUT2D eigenvalue weighted by Gasteiger charge is -2.17. The quantitative estimate of drug-likeness (QED) is 0.872. The standard InChI is InChI=1S/C12H14ClNO3S/c1-7(18-2)11(15)14-10(12(16)17)8-3-5-9(13)6-4-8/h3-7,10H,1-2H3,(H,14,15)(H,16,17). The number of carbonyl (C=O) groups excluding carboxylic acids is 1. The molecule has 0 aromatic heterocycles. The van der Waals surface area contributed by atoms with Crippen molar-refractivity contribution in [2.45, 2.75) is 18.2 Å². The highest BCUT2D eigenvalue weighted by Crippen LogP contribution is 2.18. The molecule has 0 aliphatic rings. The minimum absolute atomic E-state index is 0.292. The van der Waals surface area contributed by atoms with E-state index < -0.39 is 12.0 Å². The van der Waals surface area contributed by atoms with Gasteiger partial charge >= 0.3 is 5.97 Å². The molecular weight excluding hydrogens is 274 g/mol. The second kappa shape index (κ2) is 6.66. The number of aliphatic carboxylic acids is 1. The van der Waals surface area contributed by atoms with Gasteiger partial charge in [-0.3, -0.25) is 4.79 Å². The molecular formula is C12H14ClNO3S. The summed E-state index contributed by atoms with van der Waals surface area (Å²) < 4.78 is 0. The number of carboxylic acids is 1. The fraction of sp³-hybridized carbons (Fsp3) is 0.333. The predicted octanol–water partition coefficient (Wildman–Crippen LogP) is 2.33. The third kappa shape index (κ3) is 3.92. The van der Waals surface area contributed by atoms with Crippen LogP contribution in [-0.4, -0.2) is 28.5 Å². The van der Waals surface area contributed by atoms with Crippen molar-refractivity contribution in [3.05, 3.63) is 34.9 Å². The van der Waals surface area contributed by atoms with Crippen molar-refractivity contribution in [3.8, 4) is 0 Å². The van der Waals surface area contributed by atoms with Gasteiger partial charge in [0.05, 0.1) is 5.25 Å². The van der Waals surface area contributed by atoms with E-state index in [1.807, 2.05) is 0 Å². The largest absolute Gasteiger partial charge is 0.479 e. The molecule has 2 N–H and O–H groups in total. The molecule has 0 fully saturated rings. The van der Waals surface area contributed by atoms with E-state index >= 15 is 0 Å². The highest BCUT2D eigenvalue weighted by atomic mass is 35.5. The van der Waals surface area contributed by atoms with E-state index in [4.69, 9.17) is 16.7 Å². The Morgan fingerprint density at radius 2 is 1.89 bits per heavy atom. The van der Waals surface area contributed by atoms with Gasteiger partial charge in [-0.1, -0.05) is 23.7 Å². The Labute approximate surface area is 115 Å². The summed E-state index contributed by atoms with van der Waals surface area (Å²) in [5.41, 5.74) is 0.494. The van der Waals surface area contributed by atoms with Gasteiger partial charge in [-0.25, -0.2) is 4.79 Å². The zero-order valence-corrected chi connectivity index (χ0v) is 11.6. The third-order valence-corrected chi connectivity index (χ3v) is 3.63. The number of halogens is 1. The van der Waals surface area contributed by atoms with Gasteiger partial charge < -0.3 is 10.4 Å². The van der Waals surface area contributed by atoms with Crippen LogP contribution in [0.1, 0.15) is 18.5 Å². The Kier molecular flexibility index (Phi) is 5.50. The molecule has 18 heavy (non-hydrogen) atoms. The van der Waals surface area contributed by atoms with Gasteiger partial charge in [0.1, 0.15) is 0 Å². The van der Waals surface area contributed by atoms with Gasteiger partial charge in [-0.15, -0.1) is 0 Å². The molecule has 0 aliphatic carbocycles. The highest BCUT2D eigenvalue weighted by Gasteiger charge is 2.24. The van der Waals surface area contributed by atoms with Crippen LogP contribution in [0.2, 0.25) is 5.02 Å². The van der Waals surface area contributed by atoms with Crippen LogP contribution in [0, 0.1) is 0 Å². The fourth-order valence-electron chi connectivity index (χ4n) is 1.31. The summed E-state index contributed by atoms with van der Waals surface area (Å²) in [6.45, 7) is 1.72. The Morgan fingerprint density at radius 1 is 1.33 bits per heavy atom. The van der Waals surface area contributed by atoms with Crippen molar-refractivity contribution in [1.29, 1.82) is 0 Å². The average molecular weight is 288 g/mol. The summed E-state index contributed by atoms with van der Waals surface area (Å²) >= 11 is 7.09. The van der Waals surface area contributed by atoms with Crippen LogP contribution in [0.5, 0.6) is 0 Å². The molecule has 0 heterocycles. The van der Waals surface area contributed by atoms with Gasteiger partial charge in [0.15, 0.2) is 6.04 Å². The number of rotatable bonds is 5. The van der Waals surface area contributed by atoms with Gasteiger partial charge in [0.25, 0.3) is 0 Å². The maximum absolute atomic E-state index is 11.7. The Balaban J connectivity index is 2.87. The number of hydrogen-bond donors (Lipinski definition) is 2. The van der Waals surface area contributed by atoms with Crippen molar-refractivity contribution in [3.63, 3.8) is 0 Å². The second-order valence-corrected chi connectivity index (χ2v) is 5.32. The minimum Gasteiger partial charge on any atom is -0.479 e. The summed E-state index contributed by atoms with van der Waals surface area (Å²) in [5.74, 6) is -1.40. The monoisotopic (exact) mass is 287 g/mol. The average Bonchev–Trinajstić information content (AvgIpc) is 2.35. The molecule has 0 aliphatic heterocycles. The van der Waals surface area contributed by atoms with E-state index in [0.717, 1.165) is 0 Å². The highest BCUT2D eigenvalue weighted by molar-refractivity contribution is 7.99. The molecule has 0 bridgehead atoms. The number of nitrogens with one attached hydrogen (secondary N) is 1. The third-order valence-electron chi connectivity index (χ3n) is 2.46. The number of thioether (sulfide) groups is 1. The van der Waals surface area contributed by atoms with E-state index in [-0.39, 0.29) is 11.2 Å². The van der Waals surface area contributed by atoms with Gasteiger partial charge in [-0.2, -0.15) is 11.8 Å². The van der Waals surface area contributed by atoms with E-state index in [1.54, 1.807) is 37.4 Å². The zero-order chi connectivity index (χ0) is 13.7.